The van der Waals surface area contributed by atoms with E-state index in [0.717, 1.165) is 6.29 Å². The van der Waals surface area contributed by atoms with E-state index in [4.69, 9.17) is 29.6 Å². The van der Waals surface area contributed by atoms with Gasteiger partial charge < -0.3 is 18.7 Å². The average molecular weight is 272 g/mol. The summed E-state index contributed by atoms with van der Waals surface area (Å²) in [5.41, 5.74) is 0.691. The highest BCUT2D eigenvalue weighted by Gasteiger charge is 2.04. The normalized spacial score (nSPS) is 9.95. The molecule has 102 valence electrons. The number of rotatable bonds is 4. The van der Waals surface area contributed by atoms with E-state index in [-0.39, 0.29) is 13.0 Å². The van der Waals surface area contributed by atoms with Crippen LogP contribution in [0.15, 0.2) is 8.83 Å². The zero-order valence-electron chi connectivity index (χ0n) is 11.4. The molecule has 6 nitrogen and oxygen atoms in total. The molecule has 2 heterocycles. The third-order valence-corrected chi connectivity index (χ3v) is 2.28. The van der Waals surface area contributed by atoms with Crippen molar-refractivity contribution in [1.82, 2.24) is 9.97 Å². The van der Waals surface area contributed by atoms with Gasteiger partial charge in [-0.2, -0.15) is 0 Å². The van der Waals surface area contributed by atoms with Gasteiger partial charge >= 0.3 is 0 Å². The van der Waals surface area contributed by atoms with Gasteiger partial charge in [0, 0.05) is 31.5 Å². The second kappa shape index (κ2) is 7.69. The third kappa shape index (κ3) is 4.69. The molecule has 0 bridgehead atoms. The van der Waals surface area contributed by atoms with Gasteiger partial charge in [-0.1, -0.05) is 0 Å². The fourth-order valence-corrected chi connectivity index (χ4v) is 1.47. The van der Waals surface area contributed by atoms with Crippen LogP contribution in [0, 0.1) is 13.8 Å². The zero-order chi connectivity index (χ0) is 15.1. The molecule has 0 aliphatic rings. The Morgan fingerprint density at radius 2 is 1.60 bits per heavy atom. The highest BCUT2D eigenvalue weighted by Crippen LogP contribution is 1.98. The van der Waals surface area contributed by atoms with E-state index in [1.807, 2.05) is 0 Å². The molecule has 1 N–H and O–H groups in total. The Labute approximate surface area is 119 Å². The van der Waals surface area contributed by atoms with Crippen molar-refractivity contribution < 1.29 is 18.7 Å². The van der Waals surface area contributed by atoms with Crippen LogP contribution in [0.5, 0.6) is 0 Å². The van der Waals surface area contributed by atoms with Gasteiger partial charge in [0.1, 0.15) is 33.5 Å². The summed E-state index contributed by atoms with van der Waals surface area (Å²) in [6.45, 7) is 3.45. The van der Waals surface area contributed by atoms with Crippen molar-refractivity contribution in [2.75, 3.05) is 6.61 Å². The zero-order valence-corrected chi connectivity index (χ0v) is 11.4. The lowest BCUT2D eigenvalue weighted by molar-refractivity contribution is -0.107. The van der Waals surface area contributed by atoms with Crippen molar-refractivity contribution in [1.29, 1.82) is 0 Å². The summed E-state index contributed by atoms with van der Waals surface area (Å²) in [5, 5.41) is 8.51. The van der Waals surface area contributed by atoms with Crippen LogP contribution in [0.25, 0.3) is 0 Å². The largest absolute Gasteiger partial charge is 0.447 e. The number of carbonyl (C=O) groups is 1. The Hall–Kier alpha value is -1.82. The molecule has 0 spiro atoms. The maximum Gasteiger partial charge on any atom is 0.190 e. The van der Waals surface area contributed by atoms with Gasteiger partial charge in [0.2, 0.25) is 0 Å². The van der Waals surface area contributed by atoms with Crippen molar-refractivity contribution >= 4 is 33.2 Å². The lowest BCUT2D eigenvalue weighted by atomic mass is 10.0. The minimum Gasteiger partial charge on any atom is -0.447 e. The molecule has 0 unspecified atom stereocenters. The summed E-state index contributed by atoms with van der Waals surface area (Å²) in [6, 6.07) is 0. The number of oxazole rings is 2. The van der Waals surface area contributed by atoms with Crippen molar-refractivity contribution in [2.45, 2.75) is 26.7 Å². The first-order valence-corrected chi connectivity index (χ1v) is 5.96. The average Bonchev–Trinajstić information content (AvgIpc) is 2.84. The first-order chi connectivity index (χ1) is 9.47. The van der Waals surface area contributed by atoms with Crippen LogP contribution in [0.1, 0.15) is 23.3 Å². The number of aromatic nitrogens is 2. The van der Waals surface area contributed by atoms with E-state index in [2.05, 4.69) is 9.97 Å². The minimum absolute atomic E-state index is 0.0405. The van der Waals surface area contributed by atoms with Crippen molar-refractivity contribution in [3.05, 3.63) is 23.3 Å². The number of aldehydes is 1. The summed E-state index contributed by atoms with van der Waals surface area (Å²) in [4.78, 5) is 17.6. The van der Waals surface area contributed by atoms with Gasteiger partial charge in [-0.15, -0.1) is 0 Å². The molecule has 2 rings (SSSR count). The molecular formula is C12H14B2N2O4. The van der Waals surface area contributed by atoms with E-state index in [1.54, 1.807) is 13.8 Å². The quantitative estimate of drug-likeness (QED) is 0.557. The van der Waals surface area contributed by atoms with Gasteiger partial charge in [-0.05, 0) is 0 Å². The molecule has 0 saturated carbocycles. The lowest BCUT2D eigenvalue weighted by Crippen LogP contribution is -2.10. The smallest absolute Gasteiger partial charge is 0.190 e. The number of aliphatic hydroxyl groups excluding tert-OH is 1. The predicted molar refractivity (Wildman–Crippen MR) is 73.8 cm³/mol. The van der Waals surface area contributed by atoms with Gasteiger partial charge in [0.05, 0.1) is 13.0 Å². The molecule has 4 radical (unpaired) electrons. The number of hydrogen-bond acceptors (Lipinski definition) is 6. The molecule has 0 aromatic carbocycles. The number of carbonyl (C=O) groups excluding carboxylic acids is 1. The summed E-state index contributed by atoms with van der Waals surface area (Å²) < 4.78 is 10.0. The Balaban J connectivity index is 0.000000200. The third-order valence-electron chi connectivity index (χ3n) is 2.28. The first kappa shape index (κ1) is 16.2. The van der Waals surface area contributed by atoms with E-state index in [9.17, 15) is 4.79 Å². The van der Waals surface area contributed by atoms with Crippen LogP contribution in [-0.2, 0) is 17.6 Å². The molecule has 2 aromatic rings. The molecule has 0 saturated heterocycles. The van der Waals surface area contributed by atoms with E-state index in [0.29, 0.717) is 40.9 Å². The summed E-state index contributed by atoms with van der Waals surface area (Å²) >= 11 is 0. The van der Waals surface area contributed by atoms with Crippen LogP contribution in [-0.4, -0.2) is 43.7 Å². The van der Waals surface area contributed by atoms with Crippen LogP contribution in [0.4, 0.5) is 0 Å². The highest BCUT2D eigenvalue weighted by atomic mass is 16.4. The van der Waals surface area contributed by atoms with Crippen molar-refractivity contribution in [3.8, 4) is 0 Å². The van der Waals surface area contributed by atoms with E-state index < -0.39 is 0 Å². The molecule has 2 aromatic heterocycles. The predicted octanol–water partition coefficient (Wildman–Crippen LogP) is -1.17. The Morgan fingerprint density at radius 3 is 1.95 bits per heavy atom. The fourth-order valence-electron chi connectivity index (χ4n) is 1.47. The topological polar surface area (TPSA) is 89.4 Å². The standard InChI is InChI=1S/C6H8BNO2.C6H6BNO2/c2*1-4-8-6(7)5(10-4)2-3-9/h9H,2-3H2,1H3;3H,2H2,1H3. The second-order valence-corrected chi connectivity index (χ2v) is 3.93. The molecule has 0 fully saturated rings. The number of aryl methyl sites for hydroxylation is 2. The van der Waals surface area contributed by atoms with E-state index >= 15 is 0 Å². The maximum atomic E-state index is 9.99. The lowest BCUT2D eigenvalue weighted by Gasteiger charge is -1.90. The molecule has 0 amide bonds. The van der Waals surface area contributed by atoms with Crippen LogP contribution >= 0.6 is 0 Å². The van der Waals surface area contributed by atoms with Gasteiger partial charge in [0.15, 0.2) is 11.8 Å². The summed E-state index contributed by atoms with van der Waals surface area (Å²) in [5.74, 6) is 2.06. The molecule has 0 aliphatic heterocycles. The minimum atomic E-state index is 0.0405. The highest BCUT2D eigenvalue weighted by molar-refractivity contribution is 6.31. The molecule has 0 aliphatic carbocycles. The maximum absolute atomic E-state index is 9.99. The number of nitrogens with zero attached hydrogens (tertiary/aromatic N) is 2. The monoisotopic (exact) mass is 272 g/mol. The van der Waals surface area contributed by atoms with Crippen LogP contribution in [0.3, 0.4) is 0 Å². The Kier molecular flexibility index (Phi) is 6.24. The van der Waals surface area contributed by atoms with Gasteiger partial charge in [0.25, 0.3) is 0 Å². The Morgan fingerprint density at radius 1 is 1.10 bits per heavy atom. The molecule has 8 heteroatoms. The number of aliphatic hydroxyl groups is 1. The van der Waals surface area contributed by atoms with Crippen molar-refractivity contribution in [2.24, 2.45) is 0 Å². The molecule has 0 atom stereocenters. The van der Waals surface area contributed by atoms with Gasteiger partial charge in [-0.3, -0.25) is 0 Å². The van der Waals surface area contributed by atoms with Gasteiger partial charge in [-0.25, -0.2) is 9.97 Å². The van der Waals surface area contributed by atoms with Crippen molar-refractivity contribution in [3.63, 3.8) is 0 Å². The first-order valence-electron chi connectivity index (χ1n) is 5.96. The van der Waals surface area contributed by atoms with E-state index in [1.165, 1.54) is 0 Å². The fraction of sp³-hybridized carbons (Fsp3) is 0.417. The Bertz CT molecular complexity index is 566. The molecule has 20 heavy (non-hydrogen) atoms. The number of hydrogen-bond donors (Lipinski definition) is 1. The second-order valence-electron chi connectivity index (χ2n) is 3.93. The van der Waals surface area contributed by atoms with Crippen LogP contribution in [0.2, 0.25) is 0 Å². The SMILES string of the molecule is [B]c1nc(C)oc1CC=O.[B]c1nc(C)oc1CCO. The summed E-state index contributed by atoms with van der Waals surface area (Å²) in [6.07, 6.45) is 1.37. The summed E-state index contributed by atoms with van der Waals surface area (Å²) in [7, 11) is 10.8. The van der Waals surface area contributed by atoms with Crippen LogP contribution < -0.4 is 11.2 Å². The molecular weight excluding hydrogens is 258 g/mol.